The van der Waals surface area contributed by atoms with Gasteiger partial charge in [0, 0.05) is 19.2 Å². The second-order valence-corrected chi connectivity index (χ2v) is 6.21. The summed E-state index contributed by atoms with van der Waals surface area (Å²) in [5, 5.41) is 8.85. The molecule has 0 saturated carbocycles. The van der Waals surface area contributed by atoms with Crippen molar-refractivity contribution in [1.29, 1.82) is 0 Å². The van der Waals surface area contributed by atoms with Crippen LogP contribution in [0.1, 0.15) is 25.0 Å². The average molecular weight is 389 g/mol. The average Bonchev–Trinajstić information content (AvgIpc) is 2.64. The molecule has 0 heterocycles. The Morgan fingerprint density at radius 1 is 1.19 bits per heavy atom. The lowest BCUT2D eigenvalue weighted by Crippen LogP contribution is -2.43. The summed E-state index contributed by atoms with van der Waals surface area (Å²) in [5.41, 5.74) is 2.41. The minimum absolute atomic E-state index is 0.408. The Bertz CT molecular complexity index is 771. The van der Waals surface area contributed by atoms with Crippen LogP contribution in [0, 0.1) is 6.92 Å². The van der Waals surface area contributed by atoms with Crippen LogP contribution in [-0.4, -0.2) is 25.1 Å². The third-order valence-corrected chi connectivity index (χ3v) is 3.94. The summed E-state index contributed by atoms with van der Waals surface area (Å²) >= 11 is 6.35. The first kappa shape index (κ1) is 20.6. The van der Waals surface area contributed by atoms with Gasteiger partial charge in [-0.1, -0.05) is 41.9 Å². The number of carbonyl (C=O) groups excluding carboxylic acids is 1. The van der Waals surface area contributed by atoms with E-state index in [4.69, 9.17) is 16.3 Å². The van der Waals surface area contributed by atoms with Crippen LogP contribution in [0.25, 0.3) is 0 Å². The van der Waals surface area contributed by atoms with Gasteiger partial charge in [-0.15, -0.1) is 0 Å². The number of ether oxygens (including phenoxy) is 1. The van der Waals surface area contributed by atoms with E-state index in [9.17, 15) is 4.79 Å². The highest BCUT2D eigenvalue weighted by molar-refractivity contribution is 6.34. The first-order valence-electron chi connectivity index (χ1n) is 8.86. The molecular weight excluding hydrogens is 364 g/mol. The Morgan fingerprint density at radius 3 is 2.56 bits per heavy atom. The molecule has 0 unspecified atom stereocenters. The number of rotatable bonds is 6. The maximum absolute atomic E-state index is 12.2. The number of nitrogens with one attached hydrogen (secondary N) is 3. The molecular formula is C20H25ClN4O2. The van der Waals surface area contributed by atoms with E-state index < -0.39 is 6.03 Å². The molecule has 0 aliphatic carbocycles. The van der Waals surface area contributed by atoms with Gasteiger partial charge in [0.1, 0.15) is 12.4 Å². The fourth-order valence-corrected chi connectivity index (χ4v) is 2.72. The van der Waals surface area contributed by atoms with Crippen molar-refractivity contribution in [2.75, 3.05) is 18.4 Å². The van der Waals surface area contributed by atoms with E-state index in [1.54, 1.807) is 6.07 Å². The third kappa shape index (κ3) is 6.49. The van der Waals surface area contributed by atoms with Gasteiger partial charge in [-0.3, -0.25) is 10.3 Å². The van der Waals surface area contributed by atoms with Crippen molar-refractivity contribution in [3.8, 4) is 5.75 Å². The number of carbonyl (C=O) groups is 1. The number of anilines is 1. The molecule has 2 amide bonds. The van der Waals surface area contributed by atoms with E-state index >= 15 is 0 Å². The van der Waals surface area contributed by atoms with E-state index in [-0.39, 0.29) is 0 Å². The van der Waals surface area contributed by atoms with Gasteiger partial charge in [0.05, 0.1) is 10.7 Å². The molecule has 7 heteroatoms. The van der Waals surface area contributed by atoms with Gasteiger partial charge in [0.25, 0.3) is 0 Å². The molecule has 0 bridgehead atoms. The molecule has 6 nitrogen and oxygen atoms in total. The lowest BCUT2D eigenvalue weighted by atomic mass is 10.2. The van der Waals surface area contributed by atoms with E-state index in [2.05, 4.69) is 20.9 Å². The number of halogens is 1. The molecule has 2 aromatic carbocycles. The summed E-state index contributed by atoms with van der Waals surface area (Å²) in [6.45, 7) is 7.36. The molecule has 3 N–H and O–H groups in total. The summed E-state index contributed by atoms with van der Waals surface area (Å²) in [4.78, 5) is 16.4. The largest absolute Gasteiger partial charge is 0.489 e. The second-order valence-electron chi connectivity index (χ2n) is 5.80. The van der Waals surface area contributed by atoms with Gasteiger partial charge < -0.3 is 15.4 Å². The number of aliphatic imine (C=N–C) groups is 1. The van der Waals surface area contributed by atoms with Gasteiger partial charge in [-0.2, -0.15) is 0 Å². The highest BCUT2D eigenvalue weighted by Gasteiger charge is 2.12. The number of aryl methyl sites for hydroxylation is 1. The summed E-state index contributed by atoms with van der Waals surface area (Å²) in [7, 11) is 0. The Balaban J connectivity index is 2.03. The standard InChI is InChI=1S/C20H25ClN4O2/c1-4-22-19(23-5-2)25-20(26)24-18-14(3)11-16(12-17(18)21)27-13-15-9-7-6-8-10-15/h6-12H,4-5,13H2,1-3H3,(H3,22,23,24,25,26). The molecule has 0 aromatic heterocycles. The monoisotopic (exact) mass is 388 g/mol. The van der Waals surface area contributed by atoms with Crippen LogP contribution in [-0.2, 0) is 6.61 Å². The van der Waals surface area contributed by atoms with Gasteiger partial charge in [-0.05, 0) is 38.0 Å². The molecule has 0 spiro atoms. The molecule has 0 fully saturated rings. The minimum Gasteiger partial charge on any atom is -0.489 e. The number of guanidine groups is 1. The predicted octanol–water partition coefficient (Wildman–Crippen LogP) is 4.33. The van der Waals surface area contributed by atoms with Gasteiger partial charge in [-0.25, -0.2) is 4.79 Å². The van der Waals surface area contributed by atoms with E-state index in [0.29, 0.717) is 42.1 Å². The van der Waals surface area contributed by atoms with Gasteiger partial charge in [0.15, 0.2) is 5.96 Å². The van der Waals surface area contributed by atoms with Crippen LogP contribution < -0.4 is 20.7 Å². The number of urea groups is 1. The van der Waals surface area contributed by atoms with Crippen molar-refractivity contribution in [1.82, 2.24) is 10.6 Å². The number of hydrogen-bond acceptors (Lipinski definition) is 3. The Kier molecular flexibility index (Phi) is 7.95. The first-order chi connectivity index (χ1) is 13.0. The lowest BCUT2D eigenvalue weighted by Gasteiger charge is -2.15. The summed E-state index contributed by atoms with van der Waals surface area (Å²) in [6.07, 6.45) is 0. The summed E-state index contributed by atoms with van der Waals surface area (Å²) < 4.78 is 5.80. The number of nitrogens with zero attached hydrogens (tertiary/aromatic N) is 1. The Morgan fingerprint density at radius 2 is 1.93 bits per heavy atom. The molecule has 2 rings (SSSR count). The van der Waals surface area contributed by atoms with Crippen LogP contribution in [0.2, 0.25) is 5.02 Å². The van der Waals surface area contributed by atoms with Crippen molar-refractivity contribution in [2.45, 2.75) is 27.4 Å². The van der Waals surface area contributed by atoms with Crippen molar-refractivity contribution >= 4 is 29.3 Å². The third-order valence-electron chi connectivity index (χ3n) is 3.64. The summed E-state index contributed by atoms with van der Waals surface area (Å²) in [6, 6.07) is 13.0. The summed E-state index contributed by atoms with van der Waals surface area (Å²) in [5.74, 6) is 1.07. The SMILES string of the molecule is CCN=C(NCC)NC(=O)Nc1c(C)cc(OCc2ccccc2)cc1Cl. The van der Waals surface area contributed by atoms with E-state index in [1.807, 2.05) is 57.2 Å². The van der Waals surface area contributed by atoms with E-state index in [0.717, 1.165) is 11.1 Å². The van der Waals surface area contributed by atoms with E-state index in [1.165, 1.54) is 0 Å². The van der Waals surface area contributed by atoms with Gasteiger partial charge >= 0.3 is 6.03 Å². The fourth-order valence-electron chi connectivity index (χ4n) is 2.41. The van der Waals surface area contributed by atoms with Crippen LogP contribution in [0.3, 0.4) is 0 Å². The van der Waals surface area contributed by atoms with Crippen molar-refractivity contribution in [2.24, 2.45) is 4.99 Å². The van der Waals surface area contributed by atoms with Crippen molar-refractivity contribution < 1.29 is 9.53 Å². The zero-order valence-corrected chi connectivity index (χ0v) is 16.6. The van der Waals surface area contributed by atoms with Crippen molar-refractivity contribution in [3.05, 3.63) is 58.6 Å². The highest BCUT2D eigenvalue weighted by atomic mass is 35.5. The first-order valence-corrected chi connectivity index (χ1v) is 9.24. The van der Waals surface area contributed by atoms with Crippen molar-refractivity contribution in [3.63, 3.8) is 0 Å². The molecule has 0 saturated heterocycles. The molecule has 0 aliphatic rings. The molecule has 2 aromatic rings. The predicted molar refractivity (Wildman–Crippen MR) is 111 cm³/mol. The van der Waals surface area contributed by atoms with Crippen LogP contribution >= 0.6 is 11.6 Å². The Hall–Kier alpha value is -2.73. The van der Waals surface area contributed by atoms with Crippen LogP contribution in [0.15, 0.2) is 47.5 Å². The van der Waals surface area contributed by atoms with Gasteiger partial charge in [0.2, 0.25) is 0 Å². The smallest absolute Gasteiger partial charge is 0.326 e. The topological polar surface area (TPSA) is 74.8 Å². The lowest BCUT2D eigenvalue weighted by molar-refractivity contribution is 0.256. The Labute approximate surface area is 165 Å². The zero-order valence-electron chi connectivity index (χ0n) is 15.8. The molecule has 0 aliphatic heterocycles. The number of amides is 2. The maximum atomic E-state index is 12.2. The molecule has 27 heavy (non-hydrogen) atoms. The van der Waals surface area contributed by atoms with Crippen LogP contribution in [0.5, 0.6) is 5.75 Å². The quantitative estimate of drug-likeness (QED) is 0.509. The maximum Gasteiger partial charge on any atom is 0.326 e. The zero-order chi connectivity index (χ0) is 19.6. The second kappa shape index (κ2) is 10.4. The van der Waals surface area contributed by atoms with Crippen LogP contribution in [0.4, 0.5) is 10.5 Å². The number of benzene rings is 2. The highest BCUT2D eigenvalue weighted by Crippen LogP contribution is 2.31. The molecule has 0 atom stereocenters. The molecule has 144 valence electrons. The fraction of sp³-hybridized carbons (Fsp3) is 0.300. The number of hydrogen-bond donors (Lipinski definition) is 3. The minimum atomic E-state index is -0.411. The molecule has 0 radical (unpaired) electrons. The normalized spacial score (nSPS) is 11.0.